The fraction of sp³-hybridized carbons (Fsp3) is 0.647. The molecule has 0 amide bonds. The first-order valence-corrected chi connectivity index (χ1v) is 8.89. The molecule has 1 N–H and O–H groups in total. The second-order valence-corrected chi connectivity index (χ2v) is 6.78. The van der Waals surface area contributed by atoms with Gasteiger partial charge in [-0.1, -0.05) is 35.0 Å². The van der Waals surface area contributed by atoms with Gasteiger partial charge in [0, 0.05) is 43.2 Å². The highest BCUT2D eigenvalue weighted by Crippen LogP contribution is 2.20. The molecular formula is C17H28BrN3. The fourth-order valence-electron chi connectivity index (χ4n) is 3.04. The zero-order valence-corrected chi connectivity index (χ0v) is 14.9. The molecule has 2 rings (SSSR count). The lowest BCUT2D eigenvalue weighted by molar-refractivity contribution is 0.129. The highest BCUT2D eigenvalue weighted by molar-refractivity contribution is 9.10. The van der Waals surface area contributed by atoms with Gasteiger partial charge in [-0.3, -0.25) is 0 Å². The lowest BCUT2D eigenvalue weighted by Gasteiger charge is -2.35. The first-order valence-electron chi connectivity index (χ1n) is 8.10. The number of hydrogen-bond acceptors (Lipinski definition) is 3. The molecule has 3 nitrogen and oxygen atoms in total. The largest absolute Gasteiger partial charge is 0.313 e. The van der Waals surface area contributed by atoms with Crippen LogP contribution in [0.3, 0.4) is 0 Å². The van der Waals surface area contributed by atoms with Crippen LogP contribution in [0.15, 0.2) is 28.7 Å². The average molecular weight is 354 g/mol. The first-order chi connectivity index (χ1) is 10.2. The summed E-state index contributed by atoms with van der Waals surface area (Å²) in [6.07, 6.45) is 2.44. The Hall–Kier alpha value is -0.420. The molecule has 0 aliphatic carbocycles. The Bertz CT molecular complexity index is 399. The number of halogens is 1. The van der Waals surface area contributed by atoms with E-state index in [2.05, 4.69) is 69.3 Å². The van der Waals surface area contributed by atoms with Crippen LogP contribution < -0.4 is 5.32 Å². The van der Waals surface area contributed by atoms with E-state index in [0.717, 1.165) is 4.47 Å². The smallest absolute Gasteiger partial charge is 0.0329 e. The highest BCUT2D eigenvalue weighted by Gasteiger charge is 2.17. The zero-order valence-electron chi connectivity index (χ0n) is 13.3. The van der Waals surface area contributed by atoms with Gasteiger partial charge in [-0.25, -0.2) is 0 Å². The fourth-order valence-corrected chi connectivity index (χ4v) is 3.30. The average Bonchev–Trinajstić information content (AvgIpc) is 2.51. The minimum absolute atomic E-state index is 0.451. The molecule has 1 saturated heterocycles. The molecule has 1 aliphatic rings. The minimum Gasteiger partial charge on any atom is -0.313 e. The maximum atomic E-state index is 3.50. The molecule has 4 heteroatoms. The Morgan fingerprint density at radius 3 is 2.14 bits per heavy atom. The number of piperazine rings is 1. The third kappa shape index (κ3) is 5.37. The second-order valence-electron chi connectivity index (χ2n) is 5.86. The molecule has 1 aromatic carbocycles. The summed E-state index contributed by atoms with van der Waals surface area (Å²) in [7, 11) is 2.06. The van der Waals surface area contributed by atoms with Crippen LogP contribution in [0.2, 0.25) is 0 Å². The van der Waals surface area contributed by atoms with E-state index >= 15 is 0 Å². The topological polar surface area (TPSA) is 18.5 Å². The molecule has 0 spiro atoms. The monoisotopic (exact) mass is 353 g/mol. The van der Waals surface area contributed by atoms with Crippen molar-refractivity contribution >= 4 is 15.9 Å². The van der Waals surface area contributed by atoms with Crippen LogP contribution in [0.25, 0.3) is 0 Å². The Morgan fingerprint density at radius 1 is 1.05 bits per heavy atom. The van der Waals surface area contributed by atoms with Crippen molar-refractivity contribution in [1.29, 1.82) is 0 Å². The lowest BCUT2D eigenvalue weighted by atomic mass is 10.0. The number of benzene rings is 1. The molecule has 0 bridgehead atoms. The highest BCUT2D eigenvalue weighted by atomic mass is 79.9. The van der Waals surface area contributed by atoms with Gasteiger partial charge in [0.05, 0.1) is 0 Å². The van der Waals surface area contributed by atoms with Gasteiger partial charge in [0.25, 0.3) is 0 Å². The van der Waals surface area contributed by atoms with Crippen LogP contribution in [0, 0.1) is 0 Å². The molecule has 0 aromatic heterocycles. The molecule has 21 heavy (non-hydrogen) atoms. The molecule has 1 aromatic rings. The van der Waals surface area contributed by atoms with Gasteiger partial charge in [0.2, 0.25) is 0 Å². The van der Waals surface area contributed by atoms with Gasteiger partial charge >= 0.3 is 0 Å². The summed E-state index contributed by atoms with van der Waals surface area (Å²) in [5.74, 6) is 0. The van der Waals surface area contributed by atoms with Crippen LogP contribution in [-0.4, -0.2) is 56.1 Å². The van der Waals surface area contributed by atoms with Gasteiger partial charge in [-0.05, 0) is 44.1 Å². The molecule has 1 atom stereocenters. The van der Waals surface area contributed by atoms with Crippen LogP contribution in [0.1, 0.15) is 31.4 Å². The van der Waals surface area contributed by atoms with Crippen LogP contribution >= 0.6 is 15.9 Å². The van der Waals surface area contributed by atoms with E-state index in [1.54, 1.807) is 0 Å². The summed E-state index contributed by atoms with van der Waals surface area (Å²) in [5.41, 5.74) is 1.38. The Morgan fingerprint density at radius 2 is 1.62 bits per heavy atom. The van der Waals surface area contributed by atoms with Crippen molar-refractivity contribution < 1.29 is 0 Å². The number of hydrogen-bond donors (Lipinski definition) is 1. The molecule has 1 fully saturated rings. The Kier molecular flexibility index (Phi) is 7.17. The third-order valence-electron chi connectivity index (χ3n) is 4.36. The number of nitrogens with zero attached hydrogens (tertiary/aromatic N) is 2. The van der Waals surface area contributed by atoms with E-state index in [4.69, 9.17) is 0 Å². The van der Waals surface area contributed by atoms with Gasteiger partial charge in [-0.2, -0.15) is 0 Å². The third-order valence-corrected chi connectivity index (χ3v) is 4.89. The summed E-state index contributed by atoms with van der Waals surface area (Å²) in [5, 5.41) is 3.45. The van der Waals surface area contributed by atoms with Crippen molar-refractivity contribution in [3.05, 3.63) is 34.3 Å². The lowest BCUT2D eigenvalue weighted by Crippen LogP contribution is -2.47. The van der Waals surface area contributed by atoms with Gasteiger partial charge in [0.15, 0.2) is 0 Å². The zero-order chi connectivity index (χ0) is 15.1. The molecule has 0 radical (unpaired) electrons. The standard InChI is InChI=1S/C17H28BrN3/c1-3-9-20-11-13-21(14-12-20)10-8-17(19-2)15-4-6-16(18)7-5-15/h4-7,17,19H,3,8-14H2,1-2H3. The Labute approximate surface area is 137 Å². The van der Waals surface area contributed by atoms with Gasteiger partial charge in [-0.15, -0.1) is 0 Å². The summed E-state index contributed by atoms with van der Waals surface area (Å²) in [6, 6.07) is 9.13. The van der Waals surface area contributed by atoms with Gasteiger partial charge < -0.3 is 15.1 Å². The Balaban J connectivity index is 1.77. The first kappa shape index (κ1) is 16.9. The van der Waals surface area contributed by atoms with Crippen molar-refractivity contribution in [2.45, 2.75) is 25.8 Å². The number of nitrogens with one attached hydrogen (secondary N) is 1. The molecule has 1 unspecified atom stereocenters. The van der Waals surface area contributed by atoms with E-state index in [1.165, 1.54) is 57.7 Å². The summed E-state index contributed by atoms with van der Waals surface area (Å²) < 4.78 is 1.15. The normalized spacial score (nSPS) is 18.8. The van der Waals surface area contributed by atoms with E-state index in [9.17, 15) is 0 Å². The van der Waals surface area contributed by atoms with Crippen molar-refractivity contribution in [3.8, 4) is 0 Å². The summed E-state index contributed by atoms with van der Waals surface area (Å²) in [4.78, 5) is 5.19. The molecule has 1 heterocycles. The van der Waals surface area contributed by atoms with Crippen molar-refractivity contribution in [2.24, 2.45) is 0 Å². The van der Waals surface area contributed by atoms with E-state index in [1.807, 2.05) is 0 Å². The van der Waals surface area contributed by atoms with Crippen molar-refractivity contribution in [1.82, 2.24) is 15.1 Å². The second kappa shape index (κ2) is 8.89. The molecule has 118 valence electrons. The predicted molar refractivity (Wildman–Crippen MR) is 93.7 cm³/mol. The quantitative estimate of drug-likeness (QED) is 0.812. The van der Waals surface area contributed by atoms with Gasteiger partial charge in [0.1, 0.15) is 0 Å². The molecule has 0 saturated carbocycles. The van der Waals surface area contributed by atoms with Crippen LogP contribution in [0.4, 0.5) is 0 Å². The van der Waals surface area contributed by atoms with Crippen molar-refractivity contribution in [2.75, 3.05) is 46.3 Å². The number of rotatable bonds is 7. The summed E-state index contributed by atoms with van der Waals surface area (Å²) >= 11 is 3.50. The van der Waals surface area contributed by atoms with E-state index in [-0.39, 0.29) is 0 Å². The molecule has 1 aliphatic heterocycles. The summed E-state index contributed by atoms with van der Waals surface area (Å²) in [6.45, 7) is 9.61. The minimum atomic E-state index is 0.451. The maximum Gasteiger partial charge on any atom is 0.0329 e. The SMILES string of the molecule is CCCN1CCN(CCC(NC)c2ccc(Br)cc2)CC1. The van der Waals surface area contributed by atoms with Crippen LogP contribution in [0.5, 0.6) is 0 Å². The maximum absolute atomic E-state index is 3.50. The van der Waals surface area contributed by atoms with E-state index in [0.29, 0.717) is 6.04 Å². The van der Waals surface area contributed by atoms with E-state index < -0.39 is 0 Å². The van der Waals surface area contributed by atoms with Crippen LogP contribution in [-0.2, 0) is 0 Å². The van der Waals surface area contributed by atoms with Crippen molar-refractivity contribution in [3.63, 3.8) is 0 Å². The molecular weight excluding hydrogens is 326 g/mol. The predicted octanol–water partition coefficient (Wildman–Crippen LogP) is 3.13.